The lowest BCUT2D eigenvalue weighted by Gasteiger charge is -2.28. The number of anilines is 1. The third-order valence-electron chi connectivity index (χ3n) is 7.91. The predicted molar refractivity (Wildman–Crippen MR) is 154 cm³/mol. The first kappa shape index (κ1) is 32.5. The Kier molecular flexibility index (Phi) is 8.80. The van der Waals surface area contributed by atoms with Gasteiger partial charge in [-0.2, -0.15) is 13.2 Å². The third kappa shape index (κ3) is 6.27. The highest BCUT2D eigenvalue weighted by molar-refractivity contribution is 7.92. The molecular formula is C31H26F4N2O8S. The molecule has 3 N–H and O–H groups in total. The summed E-state index contributed by atoms with van der Waals surface area (Å²) in [4.78, 5) is 37.4. The van der Waals surface area contributed by atoms with Gasteiger partial charge < -0.3 is 25.2 Å². The Morgan fingerprint density at radius 1 is 0.957 bits per heavy atom. The third-order valence-corrected chi connectivity index (χ3v) is 9.39. The van der Waals surface area contributed by atoms with Gasteiger partial charge in [-0.05, 0) is 48.6 Å². The molecule has 0 heterocycles. The van der Waals surface area contributed by atoms with Crippen molar-refractivity contribution in [2.45, 2.75) is 29.5 Å². The van der Waals surface area contributed by atoms with Crippen LogP contribution in [0.5, 0.6) is 11.5 Å². The van der Waals surface area contributed by atoms with Crippen LogP contribution in [0.25, 0.3) is 0 Å². The molecule has 10 nitrogen and oxygen atoms in total. The standard InChI is InChI=1S/C31H26F4N2O8S/c1-44-24-14-23(32)25(45-15-18-5-2-3-8-21(18)30(40)41)13-22(24)28(38)37-27-17-10-9-16(11-17)26(27)29(39)36-19-6-4-7-20(12-19)46(42,43)31(33,34)35/h2-10,12-14,16-17,26-27H,11,15H2,1H3,(H,36,39)(H,37,38)(H,40,41)/t16-,17+,26+,27-/m0/s1. The molecule has 4 atom stereocenters. The number of carboxylic acids is 1. The molecule has 2 amide bonds. The van der Waals surface area contributed by atoms with Crippen LogP contribution in [0.4, 0.5) is 23.2 Å². The smallest absolute Gasteiger partial charge is 0.496 e. The van der Waals surface area contributed by atoms with E-state index in [-0.39, 0.29) is 52.3 Å². The Hall–Kier alpha value is -4.92. The van der Waals surface area contributed by atoms with Gasteiger partial charge in [0.15, 0.2) is 11.6 Å². The van der Waals surface area contributed by atoms with Crippen LogP contribution in [0, 0.1) is 23.6 Å². The van der Waals surface area contributed by atoms with Gasteiger partial charge in [0.25, 0.3) is 15.7 Å². The monoisotopic (exact) mass is 662 g/mol. The molecule has 0 aliphatic heterocycles. The number of amides is 2. The lowest BCUT2D eigenvalue weighted by molar-refractivity contribution is -0.121. The molecule has 242 valence electrons. The maximum atomic E-state index is 14.9. The molecule has 0 aromatic heterocycles. The molecule has 0 spiro atoms. The second kappa shape index (κ2) is 12.5. The van der Waals surface area contributed by atoms with Crippen LogP contribution in [0.15, 0.2) is 77.7 Å². The largest absolute Gasteiger partial charge is 0.501 e. The first-order valence-corrected chi connectivity index (χ1v) is 15.2. The van der Waals surface area contributed by atoms with Gasteiger partial charge >= 0.3 is 11.5 Å². The Morgan fingerprint density at radius 2 is 1.67 bits per heavy atom. The number of carboxylic acid groups (broad SMARTS) is 1. The van der Waals surface area contributed by atoms with Gasteiger partial charge in [0.05, 0.1) is 29.1 Å². The van der Waals surface area contributed by atoms with Crippen molar-refractivity contribution in [3.8, 4) is 11.5 Å². The number of benzene rings is 3. The number of methoxy groups -OCH3 is 1. The van der Waals surface area contributed by atoms with Crippen molar-refractivity contribution < 1.29 is 54.9 Å². The minimum atomic E-state index is -5.65. The summed E-state index contributed by atoms with van der Waals surface area (Å²) in [7, 11) is -4.43. The average Bonchev–Trinajstić information content (AvgIpc) is 3.62. The van der Waals surface area contributed by atoms with Crippen LogP contribution in [-0.4, -0.2) is 50.0 Å². The van der Waals surface area contributed by atoms with E-state index in [0.29, 0.717) is 12.5 Å². The molecule has 3 aromatic carbocycles. The number of carbonyl (C=O) groups is 3. The quantitative estimate of drug-likeness (QED) is 0.204. The number of carbonyl (C=O) groups excluding carboxylic acids is 2. The summed E-state index contributed by atoms with van der Waals surface area (Å²) in [5.74, 6) is -5.47. The number of alkyl halides is 3. The molecule has 3 aromatic rings. The molecule has 2 aliphatic carbocycles. The highest BCUT2D eigenvalue weighted by Gasteiger charge is 2.49. The second-order valence-electron chi connectivity index (χ2n) is 10.7. The summed E-state index contributed by atoms with van der Waals surface area (Å²) >= 11 is 0. The number of hydrogen-bond donors (Lipinski definition) is 3. The van der Waals surface area contributed by atoms with Crippen LogP contribution >= 0.6 is 0 Å². The number of nitrogens with one attached hydrogen (secondary N) is 2. The maximum Gasteiger partial charge on any atom is 0.501 e. The SMILES string of the molecule is COc1cc(F)c(OCc2ccccc2C(=O)O)cc1C(=O)N[C@@H]1[C@H](C(=O)Nc2cccc(S(=O)(=O)C(F)(F)F)c2)[C@H]2C=C[C@@H]1C2. The van der Waals surface area contributed by atoms with Crippen molar-refractivity contribution in [3.05, 3.63) is 95.3 Å². The van der Waals surface area contributed by atoms with Crippen LogP contribution in [-0.2, 0) is 21.2 Å². The molecule has 1 saturated carbocycles. The Bertz CT molecular complexity index is 1840. The zero-order chi connectivity index (χ0) is 33.4. The number of halogens is 4. The van der Waals surface area contributed by atoms with Crippen LogP contribution in [0.1, 0.15) is 32.7 Å². The van der Waals surface area contributed by atoms with Crippen LogP contribution < -0.4 is 20.1 Å². The summed E-state index contributed by atoms with van der Waals surface area (Å²) in [6.07, 6.45) is 4.11. The van der Waals surface area contributed by atoms with Crippen molar-refractivity contribution in [1.29, 1.82) is 0 Å². The highest BCUT2D eigenvalue weighted by Crippen LogP contribution is 2.45. The van der Waals surface area contributed by atoms with Crippen molar-refractivity contribution in [1.82, 2.24) is 5.32 Å². The maximum absolute atomic E-state index is 14.9. The number of aromatic carboxylic acids is 1. The van der Waals surface area contributed by atoms with Gasteiger partial charge in [-0.25, -0.2) is 17.6 Å². The van der Waals surface area contributed by atoms with E-state index in [1.54, 1.807) is 12.1 Å². The molecule has 0 radical (unpaired) electrons. The molecule has 15 heteroatoms. The fourth-order valence-corrected chi connectivity index (χ4v) is 6.52. The van der Waals surface area contributed by atoms with E-state index in [0.717, 1.165) is 24.3 Å². The van der Waals surface area contributed by atoms with Crippen LogP contribution in [0.3, 0.4) is 0 Å². The molecule has 2 bridgehead atoms. The molecule has 2 aliphatic rings. The van der Waals surface area contributed by atoms with Gasteiger partial charge in [0.2, 0.25) is 5.91 Å². The first-order chi connectivity index (χ1) is 21.7. The van der Waals surface area contributed by atoms with E-state index in [4.69, 9.17) is 9.47 Å². The molecule has 0 unspecified atom stereocenters. The lowest BCUT2D eigenvalue weighted by Crippen LogP contribution is -2.47. The van der Waals surface area contributed by atoms with E-state index in [2.05, 4.69) is 10.6 Å². The summed E-state index contributed by atoms with van der Waals surface area (Å²) in [6.45, 7) is -0.322. The summed E-state index contributed by atoms with van der Waals surface area (Å²) in [6, 6.07) is 11.0. The van der Waals surface area contributed by atoms with Gasteiger partial charge in [0.1, 0.15) is 12.4 Å². The summed E-state index contributed by atoms with van der Waals surface area (Å²) in [5, 5.41) is 14.7. The molecule has 5 rings (SSSR count). The second-order valence-corrected chi connectivity index (χ2v) is 12.6. The zero-order valence-electron chi connectivity index (χ0n) is 23.9. The minimum absolute atomic E-state index is 0.0447. The summed E-state index contributed by atoms with van der Waals surface area (Å²) in [5.41, 5.74) is -5.63. The van der Waals surface area contributed by atoms with Gasteiger partial charge in [-0.15, -0.1) is 0 Å². The van der Waals surface area contributed by atoms with Gasteiger partial charge in [-0.1, -0.05) is 36.4 Å². The number of allylic oxidation sites excluding steroid dienone is 1. The van der Waals surface area contributed by atoms with Crippen LogP contribution in [0.2, 0.25) is 0 Å². The van der Waals surface area contributed by atoms with Crippen molar-refractivity contribution in [2.24, 2.45) is 17.8 Å². The summed E-state index contributed by atoms with van der Waals surface area (Å²) < 4.78 is 88.5. The van der Waals surface area contributed by atoms with Crippen molar-refractivity contribution in [2.75, 3.05) is 12.4 Å². The predicted octanol–water partition coefficient (Wildman–Crippen LogP) is 4.96. The molecular weight excluding hydrogens is 636 g/mol. The number of fused-ring (bicyclic) bond motifs is 2. The number of sulfone groups is 1. The van der Waals surface area contributed by atoms with E-state index in [9.17, 15) is 45.5 Å². The number of ether oxygens (including phenoxy) is 2. The van der Waals surface area contributed by atoms with Gasteiger partial charge in [-0.3, -0.25) is 9.59 Å². The normalized spacial score (nSPS) is 20.3. The number of hydrogen-bond acceptors (Lipinski definition) is 7. The first-order valence-electron chi connectivity index (χ1n) is 13.7. The van der Waals surface area contributed by atoms with E-state index in [1.807, 2.05) is 6.08 Å². The van der Waals surface area contributed by atoms with E-state index < -0.39 is 55.8 Å². The van der Waals surface area contributed by atoms with E-state index in [1.165, 1.54) is 31.4 Å². The minimum Gasteiger partial charge on any atom is -0.496 e. The van der Waals surface area contributed by atoms with Gasteiger partial charge in [0, 0.05) is 23.4 Å². The fourth-order valence-electron chi connectivity index (χ4n) is 5.71. The molecule has 0 saturated heterocycles. The fraction of sp³-hybridized carbons (Fsp3) is 0.258. The highest BCUT2D eigenvalue weighted by atomic mass is 32.2. The average molecular weight is 663 g/mol. The van der Waals surface area contributed by atoms with E-state index >= 15 is 0 Å². The Balaban J connectivity index is 1.35. The topological polar surface area (TPSA) is 148 Å². The van der Waals surface area contributed by atoms with Crippen molar-refractivity contribution >= 4 is 33.3 Å². The van der Waals surface area contributed by atoms with Crippen molar-refractivity contribution in [3.63, 3.8) is 0 Å². The Labute approximate surface area is 259 Å². The zero-order valence-corrected chi connectivity index (χ0v) is 24.7. The molecule has 1 fully saturated rings. The number of rotatable bonds is 10. The molecule has 46 heavy (non-hydrogen) atoms. The Morgan fingerprint density at radius 3 is 2.37 bits per heavy atom. The lowest BCUT2D eigenvalue weighted by atomic mass is 9.87.